The van der Waals surface area contributed by atoms with E-state index < -0.39 is 0 Å². The molecule has 0 aliphatic carbocycles. The Hall–Kier alpha value is -4.70. The molecule has 0 amide bonds. The number of hydrogen-bond acceptors (Lipinski definition) is 4. The van der Waals surface area contributed by atoms with Crippen molar-refractivity contribution in [1.29, 1.82) is 0 Å². The molecule has 0 spiro atoms. The molecule has 4 heteroatoms. The summed E-state index contributed by atoms with van der Waals surface area (Å²) < 4.78 is 0. The molecular formula is C31H20N4. The molecule has 35 heavy (non-hydrogen) atoms. The highest BCUT2D eigenvalue weighted by Gasteiger charge is 2.11. The molecule has 4 aromatic heterocycles. The minimum atomic E-state index is 0.929. The van der Waals surface area contributed by atoms with Crippen molar-refractivity contribution in [2.24, 2.45) is 0 Å². The van der Waals surface area contributed by atoms with Gasteiger partial charge in [-0.25, -0.2) is 9.97 Å². The zero-order chi connectivity index (χ0) is 23.4. The van der Waals surface area contributed by atoms with Crippen LogP contribution < -0.4 is 0 Å². The zero-order valence-electron chi connectivity index (χ0n) is 19.1. The third-order valence-corrected chi connectivity index (χ3v) is 6.66. The number of aromatic nitrogens is 4. The first-order valence-corrected chi connectivity index (χ1v) is 11.6. The van der Waals surface area contributed by atoms with E-state index in [1.807, 2.05) is 24.5 Å². The number of rotatable bonds is 2. The molecule has 7 aromatic rings. The lowest BCUT2D eigenvalue weighted by atomic mass is 9.99. The van der Waals surface area contributed by atoms with Crippen LogP contribution >= 0.6 is 0 Å². The van der Waals surface area contributed by atoms with Crippen LogP contribution in [-0.2, 0) is 0 Å². The second-order valence-corrected chi connectivity index (χ2v) is 8.85. The number of hydrogen-bond donors (Lipinski definition) is 0. The number of pyridine rings is 4. The number of benzene rings is 3. The van der Waals surface area contributed by atoms with Gasteiger partial charge in [0.05, 0.1) is 33.5 Å². The van der Waals surface area contributed by atoms with Crippen LogP contribution in [0.2, 0.25) is 0 Å². The second-order valence-electron chi connectivity index (χ2n) is 8.85. The lowest BCUT2D eigenvalue weighted by molar-refractivity contribution is 1.33. The summed E-state index contributed by atoms with van der Waals surface area (Å²) >= 11 is 0. The summed E-state index contributed by atoms with van der Waals surface area (Å²) in [5.74, 6) is 0. The third kappa shape index (κ3) is 3.22. The quantitative estimate of drug-likeness (QED) is 0.257. The average molecular weight is 449 g/mol. The maximum Gasteiger partial charge on any atom is 0.0972 e. The summed E-state index contributed by atoms with van der Waals surface area (Å²) in [6.07, 6.45) is 3.65. The molecule has 0 saturated carbocycles. The predicted octanol–water partition coefficient (Wildman–Crippen LogP) is 7.52. The predicted molar refractivity (Wildman–Crippen MR) is 143 cm³/mol. The molecule has 0 bridgehead atoms. The Labute approximate surface area is 202 Å². The van der Waals surface area contributed by atoms with Gasteiger partial charge in [-0.05, 0) is 42.8 Å². The van der Waals surface area contributed by atoms with Crippen molar-refractivity contribution < 1.29 is 0 Å². The first-order chi connectivity index (χ1) is 17.2. The van der Waals surface area contributed by atoms with Gasteiger partial charge in [0.1, 0.15) is 0 Å². The fraction of sp³-hybridized carbons (Fsp3) is 0.0323. The lowest BCUT2D eigenvalue weighted by Gasteiger charge is -2.11. The van der Waals surface area contributed by atoms with Crippen LogP contribution in [0.4, 0.5) is 0 Å². The van der Waals surface area contributed by atoms with E-state index in [-0.39, 0.29) is 0 Å². The normalized spacial score (nSPS) is 11.6. The minimum absolute atomic E-state index is 0.929. The van der Waals surface area contributed by atoms with Gasteiger partial charge in [-0.1, -0.05) is 60.7 Å². The van der Waals surface area contributed by atoms with Gasteiger partial charge >= 0.3 is 0 Å². The highest BCUT2D eigenvalue weighted by Crippen LogP contribution is 2.31. The molecule has 0 saturated heterocycles. The molecule has 0 fully saturated rings. The maximum atomic E-state index is 5.03. The van der Waals surface area contributed by atoms with Gasteiger partial charge in [0, 0.05) is 45.1 Å². The van der Waals surface area contributed by atoms with Gasteiger partial charge in [-0.3, -0.25) is 9.97 Å². The SMILES string of the molecule is Cc1cc(-c2ccc3ccc4cccnc4c3n2)ccc1-c1ccc2ccc3cccnc3c2n1. The molecule has 0 aliphatic rings. The fourth-order valence-corrected chi connectivity index (χ4v) is 4.87. The van der Waals surface area contributed by atoms with Crippen LogP contribution in [-0.4, -0.2) is 19.9 Å². The number of aryl methyl sites for hydroxylation is 1. The van der Waals surface area contributed by atoms with Crippen LogP contribution in [0, 0.1) is 6.92 Å². The zero-order valence-corrected chi connectivity index (χ0v) is 19.1. The van der Waals surface area contributed by atoms with E-state index in [2.05, 4.69) is 95.8 Å². The van der Waals surface area contributed by atoms with Gasteiger partial charge in [-0.15, -0.1) is 0 Å². The molecule has 0 atom stereocenters. The first kappa shape index (κ1) is 19.7. The molecule has 164 valence electrons. The van der Waals surface area contributed by atoms with E-state index in [0.29, 0.717) is 0 Å². The summed E-state index contributed by atoms with van der Waals surface area (Å²) in [5.41, 5.74) is 8.94. The van der Waals surface area contributed by atoms with Gasteiger partial charge in [0.2, 0.25) is 0 Å². The molecule has 3 aromatic carbocycles. The first-order valence-electron chi connectivity index (χ1n) is 11.6. The molecule has 0 N–H and O–H groups in total. The van der Waals surface area contributed by atoms with Crippen molar-refractivity contribution in [2.45, 2.75) is 6.92 Å². The summed E-state index contributed by atoms with van der Waals surface area (Å²) in [5, 5.41) is 4.38. The van der Waals surface area contributed by atoms with Crippen molar-refractivity contribution in [1.82, 2.24) is 19.9 Å². The molecule has 0 radical (unpaired) electrons. The van der Waals surface area contributed by atoms with Gasteiger partial charge in [0.25, 0.3) is 0 Å². The van der Waals surface area contributed by atoms with Crippen molar-refractivity contribution in [3.05, 3.63) is 109 Å². The fourth-order valence-electron chi connectivity index (χ4n) is 4.87. The molecule has 4 nitrogen and oxygen atoms in total. The standard InChI is InChI=1S/C31H20N4/c1-19-18-24(26-14-11-22-8-6-20-4-2-16-32-28(20)30(22)34-26)10-13-25(19)27-15-12-23-9-7-21-5-3-17-33-29(21)31(23)35-27/h2-18H,1H3. The van der Waals surface area contributed by atoms with E-state index in [0.717, 1.165) is 71.7 Å². The Balaban J connectivity index is 1.34. The molecule has 0 aliphatic heterocycles. The Morgan fingerprint density at radius 3 is 1.60 bits per heavy atom. The maximum absolute atomic E-state index is 5.03. The lowest BCUT2D eigenvalue weighted by Crippen LogP contribution is -1.92. The summed E-state index contributed by atoms with van der Waals surface area (Å²) in [4.78, 5) is 19.2. The van der Waals surface area contributed by atoms with Crippen LogP contribution in [0.3, 0.4) is 0 Å². The summed E-state index contributed by atoms with van der Waals surface area (Å²) in [6, 6.07) is 31.4. The number of fused-ring (bicyclic) bond motifs is 6. The molecule has 4 heterocycles. The van der Waals surface area contributed by atoms with Crippen LogP contribution in [0.1, 0.15) is 5.56 Å². The second kappa shape index (κ2) is 7.67. The average Bonchev–Trinajstić information content (AvgIpc) is 2.92. The van der Waals surface area contributed by atoms with Gasteiger partial charge < -0.3 is 0 Å². The van der Waals surface area contributed by atoms with Gasteiger partial charge in [0.15, 0.2) is 0 Å². The van der Waals surface area contributed by atoms with Crippen molar-refractivity contribution in [3.63, 3.8) is 0 Å². The summed E-state index contributed by atoms with van der Waals surface area (Å²) in [7, 11) is 0. The third-order valence-electron chi connectivity index (χ3n) is 6.66. The van der Waals surface area contributed by atoms with Crippen LogP contribution in [0.25, 0.3) is 66.1 Å². The Kier molecular flexibility index (Phi) is 4.33. The highest BCUT2D eigenvalue weighted by molar-refractivity contribution is 6.04. The van der Waals surface area contributed by atoms with E-state index in [4.69, 9.17) is 9.97 Å². The van der Waals surface area contributed by atoms with Crippen molar-refractivity contribution in [2.75, 3.05) is 0 Å². The largest absolute Gasteiger partial charge is 0.254 e. The van der Waals surface area contributed by atoms with E-state index in [9.17, 15) is 0 Å². The van der Waals surface area contributed by atoms with Gasteiger partial charge in [-0.2, -0.15) is 0 Å². The van der Waals surface area contributed by atoms with E-state index in [1.165, 1.54) is 0 Å². The van der Waals surface area contributed by atoms with E-state index in [1.54, 1.807) is 0 Å². The number of nitrogens with zero attached hydrogens (tertiary/aromatic N) is 4. The Morgan fingerprint density at radius 2 is 1.00 bits per heavy atom. The molecular weight excluding hydrogens is 428 g/mol. The Bertz CT molecular complexity index is 1920. The molecule has 0 unspecified atom stereocenters. The summed E-state index contributed by atoms with van der Waals surface area (Å²) in [6.45, 7) is 2.13. The van der Waals surface area contributed by atoms with Crippen molar-refractivity contribution in [3.8, 4) is 22.5 Å². The Morgan fingerprint density at radius 1 is 0.486 bits per heavy atom. The molecule has 7 rings (SSSR count). The van der Waals surface area contributed by atoms with Crippen LogP contribution in [0.15, 0.2) is 103 Å². The monoisotopic (exact) mass is 448 g/mol. The minimum Gasteiger partial charge on any atom is -0.254 e. The van der Waals surface area contributed by atoms with E-state index >= 15 is 0 Å². The van der Waals surface area contributed by atoms with Crippen molar-refractivity contribution >= 4 is 43.6 Å². The smallest absolute Gasteiger partial charge is 0.0972 e. The topological polar surface area (TPSA) is 51.6 Å². The van der Waals surface area contributed by atoms with Crippen LogP contribution in [0.5, 0.6) is 0 Å². The highest BCUT2D eigenvalue weighted by atomic mass is 14.8.